The van der Waals surface area contributed by atoms with Crippen molar-refractivity contribution in [3.8, 4) is 17.2 Å². The molecule has 1 N–H and O–H groups in total. The van der Waals surface area contributed by atoms with E-state index < -0.39 is 11.0 Å². The highest BCUT2D eigenvalue weighted by Gasteiger charge is 2.22. The van der Waals surface area contributed by atoms with Gasteiger partial charge in [0.25, 0.3) is 5.69 Å². The number of carbonyl (C=O) groups is 1. The van der Waals surface area contributed by atoms with Crippen molar-refractivity contribution in [1.82, 2.24) is 14.8 Å². The lowest BCUT2D eigenvalue weighted by molar-refractivity contribution is -0.384. The summed E-state index contributed by atoms with van der Waals surface area (Å²) >= 11 is 1.20. The Morgan fingerprint density at radius 1 is 1.08 bits per heavy atom. The van der Waals surface area contributed by atoms with E-state index in [2.05, 4.69) is 15.5 Å². The Bertz CT molecular complexity index is 1410. The molecule has 0 aliphatic carbocycles. The fourth-order valence-electron chi connectivity index (χ4n) is 3.56. The first-order valence-corrected chi connectivity index (χ1v) is 12.3. The van der Waals surface area contributed by atoms with Crippen LogP contribution in [0.15, 0.2) is 78.0 Å². The van der Waals surface area contributed by atoms with Gasteiger partial charge in [0.1, 0.15) is 11.5 Å². The summed E-state index contributed by atoms with van der Waals surface area (Å²) in [5.41, 5.74) is 1.85. The summed E-state index contributed by atoms with van der Waals surface area (Å²) in [4.78, 5) is 23.3. The van der Waals surface area contributed by atoms with Gasteiger partial charge in [0.05, 0.1) is 23.5 Å². The Kier molecular flexibility index (Phi) is 8.04. The number of nitrogens with one attached hydrogen (secondary N) is 1. The van der Waals surface area contributed by atoms with Gasteiger partial charge in [-0.25, -0.2) is 0 Å². The van der Waals surface area contributed by atoms with Gasteiger partial charge in [0.2, 0.25) is 5.91 Å². The number of nitrogens with zero attached hydrogens (tertiary/aromatic N) is 4. The van der Waals surface area contributed by atoms with Crippen LogP contribution in [0.2, 0.25) is 0 Å². The molecule has 0 radical (unpaired) electrons. The number of ether oxygens (including phenoxy) is 2. The van der Waals surface area contributed by atoms with Crippen molar-refractivity contribution in [2.75, 3.05) is 18.2 Å². The highest BCUT2D eigenvalue weighted by Crippen LogP contribution is 2.29. The van der Waals surface area contributed by atoms with E-state index in [1.807, 2.05) is 60.0 Å². The normalized spacial score (nSPS) is 11.5. The van der Waals surface area contributed by atoms with Crippen LogP contribution in [0.5, 0.6) is 11.5 Å². The number of aromatic nitrogens is 3. The van der Waals surface area contributed by atoms with Gasteiger partial charge in [-0.3, -0.25) is 19.5 Å². The Balaban J connectivity index is 1.54. The zero-order valence-electron chi connectivity index (χ0n) is 20.5. The van der Waals surface area contributed by atoms with Crippen molar-refractivity contribution in [3.63, 3.8) is 0 Å². The molecule has 1 heterocycles. The third kappa shape index (κ3) is 6.25. The predicted molar refractivity (Wildman–Crippen MR) is 141 cm³/mol. The van der Waals surface area contributed by atoms with Crippen molar-refractivity contribution in [2.24, 2.45) is 0 Å². The van der Waals surface area contributed by atoms with E-state index in [1.165, 1.54) is 23.9 Å². The molecule has 0 spiro atoms. The molecular weight excluding hydrogens is 494 g/mol. The molecule has 4 rings (SSSR count). The van der Waals surface area contributed by atoms with Crippen LogP contribution in [0.25, 0.3) is 5.69 Å². The zero-order chi connectivity index (χ0) is 26.4. The van der Waals surface area contributed by atoms with E-state index in [0.29, 0.717) is 28.2 Å². The molecule has 0 aliphatic heterocycles. The van der Waals surface area contributed by atoms with Crippen LogP contribution in [-0.4, -0.2) is 38.5 Å². The monoisotopic (exact) mass is 519 g/mol. The molecule has 0 saturated heterocycles. The van der Waals surface area contributed by atoms with E-state index in [9.17, 15) is 14.9 Å². The first-order chi connectivity index (χ1) is 17.9. The molecule has 190 valence electrons. The minimum atomic E-state index is -0.498. The number of methoxy groups -OCH3 is 1. The molecule has 1 unspecified atom stereocenters. The largest absolute Gasteiger partial charge is 0.497 e. The van der Waals surface area contributed by atoms with Crippen molar-refractivity contribution in [3.05, 3.63) is 94.3 Å². The number of amides is 1. The fraction of sp³-hybridized carbons (Fsp3) is 0.192. The molecule has 11 heteroatoms. The van der Waals surface area contributed by atoms with Gasteiger partial charge in [-0.15, -0.1) is 10.2 Å². The number of hydrogen-bond donors (Lipinski definition) is 1. The van der Waals surface area contributed by atoms with Gasteiger partial charge >= 0.3 is 0 Å². The highest BCUT2D eigenvalue weighted by molar-refractivity contribution is 7.99. The molecule has 0 bridgehead atoms. The second kappa shape index (κ2) is 11.6. The lowest BCUT2D eigenvalue weighted by Crippen LogP contribution is -2.16. The van der Waals surface area contributed by atoms with Crippen LogP contribution in [0.3, 0.4) is 0 Å². The number of rotatable bonds is 10. The quantitative estimate of drug-likeness (QED) is 0.169. The number of aryl methyl sites for hydroxylation is 1. The van der Waals surface area contributed by atoms with Gasteiger partial charge in [-0.2, -0.15) is 0 Å². The molecule has 0 fully saturated rings. The molecule has 37 heavy (non-hydrogen) atoms. The number of carbonyl (C=O) groups excluding carboxylic acids is 1. The number of hydrogen-bond acceptors (Lipinski definition) is 8. The maximum atomic E-state index is 12.7. The molecule has 1 aromatic heterocycles. The second-order valence-corrected chi connectivity index (χ2v) is 8.99. The molecule has 1 atom stereocenters. The van der Waals surface area contributed by atoms with Gasteiger partial charge < -0.3 is 14.8 Å². The van der Waals surface area contributed by atoms with Crippen molar-refractivity contribution < 1.29 is 19.2 Å². The molecular formula is C26H25N5O5S. The Labute approximate surface area is 217 Å². The van der Waals surface area contributed by atoms with E-state index in [4.69, 9.17) is 9.47 Å². The molecule has 0 aliphatic rings. The molecule has 10 nitrogen and oxygen atoms in total. The number of non-ortho nitro benzene ring substituents is 1. The number of benzene rings is 3. The predicted octanol–water partition coefficient (Wildman–Crippen LogP) is 5.36. The molecule has 3 aromatic carbocycles. The first-order valence-electron chi connectivity index (χ1n) is 11.3. The third-order valence-corrected chi connectivity index (χ3v) is 6.36. The van der Waals surface area contributed by atoms with E-state index in [0.717, 1.165) is 11.3 Å². The standard InChI is InChI=1S/C26H25N5O5S/c1-17-12-13-20(31(33)34)14-23(17)27-24(32)16-37-26-29-28-25(30(26)19-8-5-4-6-9-19)18(2)36-22-11-7-10-21(15-22)35-3/h4-15,18H,16H2,1-3H3,(H,27,32). The average molecular weight is 520 g/mol. The van der Waals surface area contributed by atoms with E-state index in [1.54, 1.807) is 26.2 Å². The van der Waals surface area contributed by atoms with Crippen LogP contribution >= 0.6 is 11.8 Å². The van der Waals surface area contributed by atoms with Gasteiger partial charge in [-0.05, 0) is 43.7 Å². The van der Waals surface area contributed by atoms with Gasteiger partial charge in [0, 0.05) is 23.9 Å². The SMILES string of the molecule is COc1cccc(OC(C)c2nnc(SCC(=O)Nc3cc([N+](=O)[O-])ccc3C)n2-c2ccccc2)c1. The van der Waals surface area contributed by atoms with Crippen LogP contribution in [0, 0.1) is 17.0 Å². The summed E-state index contributed by atoms with van der Waals surface area (Å²) in [6.45, 7) is 3.64. The minimum Gasteiger partial charge on any atom is -0.497 e. The van der Waals surface area contributed by atoms with Crippen molar-refractivity contribution in [1.29, 1.82) is 0 Å². The maximum absolute atomic E-state index is 12.7. The first kappa shape index (κ1) is 25.7. The molecule has 4 aromatic rings. The van der Waals surface area contributed by atoms with Crippen LogP contribution in [0.4, 0.5) is 11.4 Å². The van der Waals surface area contributed by atoms with E-state index >= 15 is 0 Å². The number of nitro groups is 1. The molecule has 1 amide bonds. The number of anilines is 1. The fourth-order valence-corrected chi connectivity index (χ4v) is 4.32. The van der Waals surface area contributed by atoms with Crippen LogP contribution in [-0.2, 0) is 4.79 Å². The third-order valence-electron chi connectivity index (χ3n) is 5.43. The lowest BCUT2D eigenvalue weighted by Gasteiger charge is -2.17. The van der Waals surface area contributed by atoms with E-state index in [-0.39, 0.29) is 17.3 Å². The summed E-state index contributed by atoms with van der Waals surface area (Å²) < 4.78 is 13.2. The maximum Gasteiger partial charge on any atom is 0.271 e. The number of thioether (sulfide) groups is 1. The lowest BCUT2D eigenvalue weighted by atomic mass is 10.2. The van der Waals surface area contributed by atoms with Crippen LogP contribution in [0.1, 0.15) is 24.4 Å². The summed E-state index contributed by atoms with van der Waals surface area (Å²) in [6.07, 6.45) is -0.462. The summed E-state index contributed by atoms with van der Waals surface area (Å²) in [7, 11) is 1.59. The van der Waals surface area contributed by atoms with Crippen molar-refractivity contribution >= 4 is 29.0 Å². The average Bonchev–Trinajstić information content (AvgIpc) is 3.33. The van der Waals surface area contributed by atoms with Gasteiger partial charge in [-0.1, -0.05) is 42.1 Å². The Morgan fingerprint density at radius 3 is 2.57 bits per heavy atom. The summed E-state index contributed by atoms with van der Waals surface area (Å²) in [5.74, 6) is 1.56. The number of nitro benzene ring substituents is 1. The van der Waals surface area contributed by atoms with Crippen LogP contribution < -0.4 is 14.8 Å². The smallest absolute Gasteiger partial charge is 0.271 e. The second-order valence-electron chi connectivity index (χ2n) is 8.04. The molecule has 0 saturated carbocycles. The number of para-hydroxylation sites is 1. The minimum absolute atomic E-state index is 0.0260. The Morgan fingerprint density at radius 2 is 1.84 bits per heavy atom. The summed E-state index contributed by atoms with van der Waals surface area (Å²) in [5, 5.41) is 23.0. The zero-order valence-corrected chi connectivity index (χ0v) is 21.3. The topological polar surface area (TPSA) is 121 Å². The van der Waals surface area contributed by atoms with Gasteiger partial charge in [0.15, 0.2) is 17.1 Å². The highest BCUT2D eigenvalue weighted by atomic mass is 32.2. The van der Waals surface area contributed by atoms with Crippen molar-refractivity contribution in [2.45, 2.75) is 25.1 Å². The summed E-state index contributed by atoms with van der Waals surface area (Å²) in [6, 6.07) is 21.2. The Hall–Kier alpha value is -4.38.